The van der Waals surface area contributed by atoms with E-state index in [4.69, 9.17) is 32.2 Å². The number of piperazine rings is 2. The first kappa shape index (κ1) is 46.9. The molecule has 2 unspecified atom stereocenters. The molecule has 2 aliphatic rings. The van der Waals surface area contributed by atoms with Gasteiger partial charge in [-0.05, 0) is 79.8 Å². The van der Waals surface area contributed by atoms with Gasteiger partial charge in [-0.15, -0.1) is 20.4 Å². The highest BCUT2D eigenvalue weighted by atomic mass is 35.5. The van der Waals surface area contributed by atoms with E-state index >= 15 is 0 Å². The molecular weight excluding hydrogens is 947 g/mol. The van der Waals surface area contributed by atoms with Gasteiger partial charge in [-0.1, -0.05) is 57.8 Å². The fourth-order valence-electron chi connectivity index (χ4n) is 7.98. The number of benzene rings is 4. The van der Waals surface area contributed by atoms with Crippen LogP contribution >= 0.6 is 23.2 Å². The molecule has 2 fully saturated rings. The van der Waals surface area contributed by atoms with E-state index in [1.807, 2.05) is 54.5 Å². The molecule has 1 N–H and O–H groups in total. The average Bonchev–Trinajstić information content (AvgIpc) is 4.17. The van der Waals surface area contributed by atoms with Gasteiger partial charge >= 0.3 is 13.2 Å². The van der Waals surface area contributed by atoms with Crippen molar-refractivity contribution < 1.29 is 36.1 Å². The van der Waals surface area contributed by atoms with Crippen LogP contribution in [0.25, 0.3) is 45.6 Å². The molecule has 24 heteroatoms. The van der Waals surface area contributed by atoms with E-state index in [0.29, 0.717) is 83.2 Å². The number of nitrogens with one attached hydrogen (secondary N) is 1. The maximum absolute atomic E-state index is 12.5. The fourth-order valence-corrected chi connectivity index (χ4v) is 8.36. The molecule has 18 nitrogen and oxygen atoms in total. The minimum absolute atomic E-state index is 0.0789. The Balaban J connectivity index is 0.000000172. The van der Waals surface area contributed by atoms with Crippen LogP contribution in [0.15, 0.2) is 106 Å². The highest BCUT2D eigenvalue weighted by molar-refractivity contribution is 6.31. The van der Waals surface area contributed by atoms with Crippen molar-refractivity contribution in [3.05, 3.63) is 119 Å². The molecule has 358 valence electrons. The van der Waals surface area contributed by atoms with Crippen molar-refractivity contribution in [2.75, 3.05) is 56.1 Å². The summed E-state index contributed by atoms with van der Waals surface area (Å²) in [6.07, 6.45) is 0. The minimum atomic E-state index is -2.87. The molecular formula is C45H42Cl2F4N14O4. The van der Waals surface area contributed by atoms with E-state index in [1.54, 1.807) is 48.5 Å². The summed E-state index contributed by atoms with van der Waals surface area (Å²) in [6.45, 7) is -1.64. The minimum Gasteiger partial charge on any atom is -0.435 e. The van der Waals surface area contributed by atoms with E-state index in [1.165, 1.54) is 24.3 Å². The first-order chi connectivity index (χ1) is 33.4. The molecule has 4 aromatic heterocycles. The van der Waals surface area contributed by atoms with E-state index in [0.717, 1.165) is 35.3 Å². The van der Waals surface area contributed by atoms with Gasteiger partial charge in [0, 0.05) is 85.7 Å². The molecule has 2 aliphatic heterocycles. The van der Waals surface area contributed by atoms with Crippen molar-refractivity contribution in [3.8, 4) is 57.1 Å². The van der Waals surface area contributed by atoms with Crippen LogP contribution in [-0.2, 0) is 14.1 Å². The quantitative estimate of drug-likeness (QED) is 0.116. The summed E-state index contributed by atoms with van der Waals surface area (Å²) < 4.78 is 73.6. The zero-order valence-corrected chi connectivity index (χ0v) is 38.5. The van der Waals surface area contributed by atoms with Gasteiger partial charge in [0.2, 0.25) is 23.5 Å². The first-order valence-corrected chi connectivity index (χ1v) is 22.1. The maximum atomic E-state index is 12.5. The summed E-state index contributed by atoms with van der Waals surface area (Å²) in [6, 6.07) is 26.6. The predicted molar refractivity (Wildman–Crippen MR) is 246 cm³/mol. The number of anilines is 2. The summed E-state index contributed by atoms with van der Waals surface area (Å²) in [4.78, 5) is 15.6. The lowest BCUT2D eigenvalue weighted by atomic mass is 10.1. The zero-order valence-electron chi connectivity index (χ0n) is 37.0. The number of hydrogen-bond donors (Lipinski definition) is 1. The Bertz CT molecular complexity index is 2990. The Morgan fingerprint density at radius 1 is 0.594 bits per heavy atom. The number of ether oxygens (including phenoxy) is 2. The molecule has 0 aliphatic carbocycles. The summed E-state index contributed by atoms with van der Waals surface area (Å²) in [5.74, 6) is 4.41. The molecule has 0 spiro atoms. The van der Waals surface area contributed by atoms with Crippen LogP contribution in [0.5, 0.6) is 11.5 Å². The first-order valence-electron chi connectivity index (χ1n) is 21.4. The van der Waals surface area contributed by atoms with E-state index in [-0.39, 0.29) is 23.6 Å². The van der Waals surface area contributed by atoms with Crippen LogP contribution in [0.2, 0.25) is 10.0 Å². The lowest BCUT2D eigenvalue weighted by molar-refractivity contribution is -0.0505. The van der Waals surface area contributed by atoms with Crippen LogP contribution in [0, 0.1) is 0 Å². The SMILES string of the molecule is CN1CCN(c2nnc(-c3ccc(OC(F)F)cc3)n2C)C(c2nc(-c3cccc(Cl)c3)no2)C1.Cn1c(-c2ccc(OC(F)F)cc2)nnc1N1CCNCC1c1nc(-c2cccc(Cl)c2)no1. The normalized spacial score (nSPS) is 16.5. The largest absolute Gasteiger partial charge is 0.435 e. The molecule has 2 atom stereocenters. The Morgan fingerprint density at radius 3 is 1.55 bits per heavy atom. The molecule has 0 saturated carbocycles. The van der Waals surface area contributed by atoms with Crippen molar-refractivity contribution in [1.82, 2.24) is 60.0 Å². The Hall–Kier alpha value is -7.14. The second-order valence-electron chi connectivity index (χ2n) is 15.9. The predicted octanol–water partition coefficient (Wildman–Crippen LogP) is 8.22. The molecule has 10 rings (SSSR count). The van der Waals surface area contributed by atoms with E-state index < -0.39 is 13.2 Å². The van der Waals surface area contributed by atoms with E-state index in [9.17, 15) is 17.6 Å². The van der Waals surface area contributed by atoms with Crippen LogP contribution in [0.3, 0.4) is 0 Å². The van der Waals surface area contributed by atoms with Crippen molar-refractivity contribution in [3.63, 3.8) is 0 Å². The molecule has 8 aromatic rings. The van der Waals surface area contributed by atoms with Gasteiger partial charge in [-0.25, -0.2) is 0 Å². The standard InChI is InChI=1S/C23H22ClF2N7O2.C22H20ClF2N7O2/c1-31-10-11-33(18(13-31)21-27-19(30-35-21)15-4-3-5-16(24)12-15)23-29-28-20(32(23)2)14-6-8-17(9-7-14)34-22(25)26;1-31-19(13-5-7-16(8-6-13)33-21(24)25)28-29-22(31)32-10-9-26-12-17(32)20-27-18(30-34-20)14-3-2-4-15(23)11-14/h3-9,12,18,22H,10-11,13H2,1-2H3;2-8,11,17,21,26H,9-10,12H2,1H3. The number of aromatic nitrogens is 10. The lowest BCUT2D eigenvalue weighted by Crippen LogP contribution is -2.48. The zero-order chi connectivity index (χ0) is 48.2. The van der Waals surface area contributed by atoms with Crippen molar-refractivity contribution >= 4 is 35.1 Å². The summed E-state index contributed by atoms with van der Waals surface area (Å²) in [5.41, 5.74) is 2.97. The van der Waals surface area contributed by atoms with Gasteiger partial charge in [-0.2, -0.15) is 27.5 Å². The average molecular weight is 990 g/mol. The van der Waals surface area contributed by atoms with Crippen molar-refractivity contribution in [2.45, 2.75) is 25.3 Å². The Kier molecular flexibility index (Phi) is 14.0. The number of hydrogen-bond acceptors (Lipinski definition) is 16. The molecule has 4 aromatic carbocycles. The molecule has 0 amide bonds. The summed E-state index contributed by atoms with van der Waals surface area (Å²) >= 11 is 12.2. The third kappa shape index (κ3) is 10.6. The second kappa shape index (κ2) is 20.6. The van der Waals surface area contributed by atoms with Gasteiger partial charge in [0.05, 0.1) is 0 Å². The highest BCUT2D eigenvalue weighted by Gasteiger charge is 2.35. The number of rotatable bonds is 12. The molecule has 0 bridgehead atoms. The van der Waals surface area contributed by atoms with Crippen LogP contribution in [0.1, 0.15) is 23.9 Å². The van der Waals surface area contributed by atoms with Gasteiger partial charge in [-0.3, -0.25) is 9.13 Å². The Morgan fingerprint density at radius 2 is 1.07 bits per heavy atom. The highest BCUT2D eigenvalue weighted by Crippen LogP contribution is 2.34. The molecule has 69 heavy (non-hydrogen) atoms. The van der Waals surface area contributed by atoms with Crippen LogP contribution in [-0.4, -0.2) is 114 Å². The third-order valence-corrected chi connectivity index (χ3v) is 11.8. The fraction of sp³-hybridized carbons (Fsp3) is 0.289. The topological polar surface area (TPSA) is 179 Å². The third-order valence-electron chi connectivity index (χ3n) is 11.3. The summed E-state index contributed by atoms with van der Waals surface area (Å²) in [5, 5.41) is 30.3. The number of nitrogens with zero attached hydrogens (tertiary/aromatic N) is 13. The van der Waals surface area contributed by atoms with Crippen LogP contribution < -0.4 is 24.6 Å². The number of halogens is 6. The lowest BCUT2D eigenvalue weighted by Gasteiger charge is -2.38. The van der Waals surface area contributed by atoms with Gasteiger partial charge in [0.15, 0.2) is 11.6 Å². The van der Waals surface area contributed by atoms with Gasteiger partial charge < -0.3 is 38.5 Å². The van der Waals surface area contributed by atoms with Crippen molar-refractivity contribution in [2.24, 2.45) is 14.1 Å². The number of likely N-dealkylation sites (N-methyl/N-ethyl adjacent to an activating group) is 1. The molecule has 6 heterocycles. The smallest absolute Gasteiger partial charge is 0.387 e. The van der Waals surface area contributed by atoms with Crippen LogP contribution in [0.4, 0.5) is 29.5 Å². The maximum Gasteiger partial charge on any atom is 0.387 e. The van der Waals surface area contributed by atoms with Gasteiger partial charge in [0.25, 0.3) is 11.8 Å². The second-order valence-corrected chi connectivity index (χ2v) is 16.8. The van der Waals surface area contributed by atoms with Gasteiger partial charge in [0.1, 0.15) is 23.6 Å². The molecule has 2 saturated heterocycles. The monoisotopic (exact) mass is 988 g/mol. The Labute approximate surface area is 401 Å². The number of alkyl halides is 4. The van der Waals surface area contributed by atoms with E-state index in [2.05, 4.69) is 70.2 Å². The summed E-state index contributed by atoms with van der Waals surface area (Å²) in [7, 11) is 5.73. The molecule has 0 radical (unpaired) electrons. The van der Waals surface area contributed by atoms with Crippen molar-refractivity contribution in [1.29, 1.82) is 0 Å².